The highest BCUT2D eigenvalue weighted by Crippen LogP contribution is 2.40. The van der Waals surface area contributed by atoms with Crippen LogP contribution in [0.3, 0.4) is 0 Å². The number of hydrogen-bond acceptors (Lipinski definition) is 11. The van der Waals surface area contributed by atoms with Gasteiger partial charge in [-0.2, -0.15) is 0 Å². The molecular weight excluding hydrogens is 741 g/mol. The largest absolute Gasteiger partial charge is 0.376 e. The molecule has 4 aromatic rings. The van der Waals surface area contributed by atoms with Crippen molar-refractivity contribution in [3.63, 3.8) is 0 Å². The SMILES string of the molecule is C[C@H]1OC2(CCN(c3ccc(C(=O)NS(=O)(=O)c4ccc(N[C@H](CCN(C)C)CSc5ccccc5)c([N+](=O)[O-])c4)cc3)CC2)N(Cc2ccccc2)C1=O. The highest BCUT2D eigenvalue weighted by atomic mass is 32.2. The Morgan fingerprint density at radius 1 is 1.00 bits per heavy atom. The number of hydrogen-bond donors (Lipinski definition) is 2. The molecule has 0 aliphatic carbocycles. The van der Waals surface area contributed by atoms with E-state index in [0.717, 1.165) is 28.8 Å². The molecule has 6 rings (SSSR count). The van der Waals surface area contributed by atoms with Gasteiger partial charge in [-0.15, -0.1) is 11.8 Å². The first kappa shape index (κ1) is 39.7. The average Bonchev–Trinajstić information content (AvgIpc) is 3.40. The summed E-state index contributed by atoms with van der Waals surface area (Å²) in [6.45, 7) is 4.21. The van der Waals surface area contributed by atoms with Gasteiger partial charge < -0.3 is 24.8 Å². The average molecular weight is 787 g/mol. The number of amides is 2. The second kappa shape index (κ2) is 17.2. The normalized spacial score (nSPS) is 17.4. The zero-order valence-electron chi connectivity index (χ0n) is 31.1. The first-order valence-corrected chi connectivity index (χ1v) is 20.6. The summed E-state index contributed by atoms with van der Waals surface area (Å²) < 4.78 is 35.1. The van der Waals surface area contributed by atoms with Crippen LogP contribution in [0, 0.1) is 10.1 Å². The molecule has 2 atom stereocenters. The number of piperidine rings is 1. The van der Waals surface area contributed by atoms with Crippen molar-refractivity contribution in [2.24, 2.45) is 0 Å². The van der Waals surface area contributed by atoms with Gasteiger partial charge in [-0.25, -0.2) is 13.1 Å². The molecule has 55 heavy (non-hydrogen) atoms. The summed E-state index contributed by atoms with van der Waals surface area (Å²) in [6.07, 6.45) is 1.37. The van der Waals surface area contributed by atoms with Crippen molar-refractivity contribution >= 4 is 50.7 Å². The summed E-state index contributed by atoms with van der Waals surface area (Å²) in [5, 5.41) is 15.4. The molecule has 290 valence electrons. The molecule has 1 spiro atoms. The first-order chi connectivity index (χ1) is 26.3. The van der Waals surface area contributed by atoms with Gasteiger partial charge in [-0.05, 0) is 88.1 Å². The van der Waals surface area contributed by atoms with Crippen LogP contribution in [-0.4, -0.2) is 92.3 Å². The molecule has 2 amide bonds. The number of nitro groups is 1. The molecule has 2 saturated heterocycles. The fraction of sp³-hybridized carbons (Fsp3) is 0.350. The number of thioether (sulfide) groups is 1. The van der Waals surface area contributed by atoms with Gasteiger partial charge in [0.1, 0.15) is 17.5 Å². The number of rotatable bonds is 15. The van der Waals surface area contributed by atoms with Gasteiger partial charge in [-0.3, -0.25) is 19.7 Å². The highest BCUT2D eigenvalue weighted by Gasteiger charge is 2.51. The number of nitrogens with one attached hydrogen (secondary N) is 2. The van der Waals surface area contributed by atoms with E-state index in [9.17, 15) is 28.1 Å². The Morgan fingerprint density at radius 2 is 1.65 bits per heavy atom. The second-order valence-corrected chi connectivity index (χ2v) is 16.9. The van der Waals surface area contributed by atoms with Gasteiger partial charge in [0.25, 0.3) is 27.5 Å². The lowest BCUT2D eigenvalue weighted by Gasteiger charge is -2.44. The minimum absolute atomic E-state index is 0.0252. The minimum Gasteiger partial charge on any atom is -0.376 e. The van der Waals surface area contributed by atoms with Gasteiger partial charge in [0.05, 0.1) is 9.82 Å². The van der Waals surface area contributed by atoms with E-state index in [-0.39, 0.29) is 23.2 Å². The van der Waals surface area contributed by atoms with Crippen LogP contribution in [0.5, 0.6) is 0 Å². The second-order valence-electron chi connectivity index (χ2n) is 14.1. The van der Waals surface area contributed by atoms with Crippen LogP contribution >= 0.6 is 11.8 Å². The van der Waals surface area contributed by atoms with Gasteiger partial charge in [0.2, 0.25) is 0 Å². The predicted molar refractivity (Wildman–Crippen MR) is 214 cm³/mol. The lowest BCUT2D eigenvalue weighted by molar-refractivity contribution is -0.384. The highest BCUT2D eigenvalue weighted by molar-refractivity contribution is 7.99. The number of sulfonamides is 1. The number of benzene rings is 4. The van der Waals surface area contributed by atoms with Crippen molar-refractivity contribution in [2.45, 2.75) is 60.4 Å². The predicted octanol–water partition coefficient (Wildman–Crippen LogP) is 5.98. The number of nitro benzene ring substituents is 1. The lowest BCUT2D eigenvalue weighted by atomic mass is 9.97. The van der Waals surface area contributed by atoms with Crippen LogP contribution in [-0.2, 0) is 26.1 Å². The summed E-state index contributed by atoms with van der Waals surface area (Å²) in [6, 6.07) is 29.7. The standard InChI is InChI=1S/C40H46N6O7S2/c1-29-39(48)45(27-30-10-6-4-7-11-30)40(53-29)21-24-44(25-22-40)33-16-14-31(15-17-33)38(47)42-55(51,52)35-18-19-36(37(26-35)46(49)50)41-32(20-23-43(2)3)28-54-34-12-8-5-9-13-34/h4-19,26,29,32,41H,20-25,27-28H2,1-3H3,(H,42,47)/t29-,32-/m1/s1. The van der Waals surface area contributed by atoms with Crippen molar-refractivity contribution in [3.8, 4) is 0 Å². The van der Waals surface area contributed by atoms with E-state index in [0.29, 0.717) is 44.6 Å². The maximum Gasteiger partial charge on any atom is 0.293 e. The molecule has 13 nitrogen and oxygen atoms in total. The summed E-state index contributed by atoms with van der Waals surface area (Å²) >= 11 is 1.62. The van der Waals surface area contributed by atoms with Crippen molar-refractivity contribution in [1.82, 2.24) is 14.5 Å². The molecule has 2 fully saturated rings. The van der Waals surface area contributed by atoms with Crippen LogP contribution < -0.4 is 14.9 Å². The van der Waals surface area contributed by atoms with Gasteiger partial charge in [0, 0.05) is 66.5 Å². The van der Waals surface area contributed by atoms with Crippen molar-refractivity contribution in [2.75, 3.05) is 49.7 Å². The van der Waals surface area contributed by atoms with Gasteiger partial charge >= 0.3 is 0 Å². The molecule has 2 aliphatic rings. The Morgan fingerprint density at radius 3 is 2.29 bits per heavy atom. The molecule has 0 saturated carbocycles. The molecule has 4 aromatic carbocycles. The molecule has 0 bridgehead atoms. The Kier molecular flexibility index (Phi) is 12.4. The fourth-order valence-corrected chi connectivity index (χ4v) is 8.90. The van der Waals surface area contributed by atoms with Gasteiger partial charge in [-0.1, -0.05) is 48.5 Å². The Bertz CT molecular complexity index is 2080. The fourth-order valence-electron chi connectivity index (χ4n) is 6.91. The molecule has 0 unspecified atom stereocenters. The number of nitrogens with zero attached hydrogens (tertiary/aromatic N) is 4. The molecule has 2 heterocycles. The number of carbonyl (C=O) groups is 2. The first-order valence-electron chi connectivity index (χ1n) is 18.2. The van der Waals surface area contributed by atoms with Crippen molar-refractivity contribution in [3.05, 3.63) is 124 Å². The van der Waals surface area contributed by atoms with E-state index in [4.69, 9.17) is 4.74 Å². The van der Waals surface area contributed by atoms with Crippen LogP contribution in [0.15, 0.2) is 113 Å². The third kappa shape index (κ3) is 9.65. The van der Waals surface area contributed by atoms with Gasteiger partial charge in [0.15, 0.2) is 0 Å². The van der Waals surface area contributed by atoms with E-state index in [1.54, 1.807) is 43.0 Å². The minimum atomic E-state index is -4.46. The van der Waals surface area contributed by atoms with E-state index < -0.39 is 43.3 Å². The summed E-state index contributed by atoms with van der Waals surface area (Å²) in [4.78, 5) is 44.5. The number of anilines is 2. The molecule has 15 heteroatoms. The van der Waals surface area contributed by atoms with Crippen LogP contribution in [0.25, 0.3) is 0 Å². The number of carbonyl (C=O) groups excluding carboxylic acids is 2. The van der Waals surface area contributed by atoms with E-state index in [1.165, 1.54) is 12.1 Å². The topological polar surface area (TPSA) is 154 Å². The zero-order valence-corrected chi connectivity index (χ0v) is 32.7. The molecule has 2 N–H and O–H groups in total. The summed E-state index contributed by atoms with van der Waals surface area (Å²) in [7, 11) is -0.553. The molecule has 0 aromatic heterocycles. The number of ether oxygens (including phenoxy) is 1. The lowest BCUT2D eigenvalue weighted by Crippen LogP contribution is -2.53. The zero-order chi connectivity index (χ0) is 39.2. The molecular formula is C40H46N6O7S2. The Hall–Kier alpha value is -4.96. The maximum atomic E-state index is 13.4. The third-order valence-corrected chi connectivity index (χ3v) is 12.4. The smallest absolute Gasteiger partial charge is 0.293 e. The Labute approximate surface area is 326 Å². The van der Waals surface area contributed by atoms with Crippen molar-refractivity contribution in [1.29, 1.82) is 0 Å². The van der Waals surface area contributed by atoms with E-state index in [1.807, 2.05) is 84.6 Å². The van der Waals surface area contributed by atoms with Crippen LogP contribution in [0.2, 0.25) is 0 Å². The molecule has 2 aliphatic heterocycles. The Balaban J connectivity index is 1.09. The van der Waals surface area contributed by atoms with E-state index >= 15 is 0 Å². The monoisotopic (exact) mass is 786 g/mol. The van der Waals surface area contributed by atoms with Crippen LogP contribution in [0.4, 0.5) is 17.1 Å². The van der Waals surface area contributed by atoms with Crippen LogP contribution in [0.1, 0.15) is 42.1 Å². The maximum absolute atomic E-state index is 13.4. The van der Waals surface area contributed by atoms with Crippen molar-refractivity contribution < 1.29 is 27.7 Å². The molecule has 0 radical (unpaired) electrons. The quantitative estimate of drug-likeness (QED) is 0.0831. The summed E-state index contributed by atoms with van der Waals surface area (Å²) in [5.74, 6) is -0.258. The summed E-state index contributed by atoms with van der Waals surface area (Å²) in [5.41, 5.74) is 1.07. The third-order valence-electron chi connectivity index (χ3n) is 9.91. The van der Waals surface area contributed by atoms with E-state index in [2.05, 4.69) is 14.9 Å².